The summed E-state index contributed by atoms with van der Waals surface area (Å²) in [5.74, 6) is -0.0719. The van der Waals surface area contributed by atoms with Crippen LogP contribution in [0.15, 0.2) is 41.7 Å². The van der Waals surface area contributed by atoms with Gasteiger partial charge in [0.1, 0.15) is 17.7 Å². The van der Waals surface area contributed by atoms with Crippen molar-refractivity contribution in [3.8, 4) is 0 Å². The maximum Gasteiger partial charge on any atom is 0.271 e. The number of nitrogens with one attached hydrogen (secondary N) is 2. The Morgan fingerprint density at radius 2 is 2.04 bits per heavy atom. The molecule has 0 saturated heterocycles. The smallest absolute Gasteiger partial charge is 0.271 e. The number of aromatic amines is 1. The number of aryl methyl sites for hydroxylation is 1. The number of hydrogen-bond donors (Lipinski definition) is 2. The molecule has 0 aliphatic carbocycles. The summed E-state index contributed by atoms with van der Waals surface area (Å²) in [6.07, 6.45) is 4.48. The van der Waals surface area contributed by atoms with Gasteiger partial charge in [-0.25, -0.2) is 18.4 Å². The molecule has 8 heteroatoms. The largest absolute Gasteiger partial charge is 0.346 e. The fourth-order valence-corrected chi connectivity index (χ4v) is 5.35. The number of sulfone groups is 1. The molecule has 0 saturated carbocycles. The molecule has 1 amide bonds. The number of amides is 1. The third-order valence-electron chi connectivity index (χ3n) is 5.17. The summed E-state index contributed by atoms with van der Waals surface area (Å²) in [6.45, 7) is 3.98. The Morgan fingerprint density at radius 1 is 1.21 bits per heavy atom. The average Bonchev–Trinajstić information content (AvgIpc) is 3.14. The van der Waals surface area contributed by atoms with E-state index in [1.807, 2.05) is 26.0 Å². The zero-order chi connectivity index (χ0) is 19.9. The lowest BCUT2D eigenvalue weighted by Gasteiger charge is -2.25. The number of fused-ring (bicyclic) bond motifs is 2. The molecule has 3 heterocycles. The molecule has 7 nitrogen and oxygen atoms in total. The molecule has 0 spiro atoms. The topological polar surface area (TPSA) is 105 Å². The van der Waals surface area contributed by atoms with Crippen LogP contribution in [0.4, 0.5) is 0 Å². The normalized spacial score (nSPS) is 16.7. The standard InChI is InChI=1S/C20H22N4O3S/c1-12(2)17(14-6-5-13-4-3-9-28(26,27)16(13)10-14)24-20(25)18-15-7-8-21-19(15)23-11-22-18/h5-8,10-12,17H,3-4,9H2,1-2H3,(H,24,25)(H,21,22,23)/t17-/m1/s1. The zero-order valence-electron chi connectivity index (χ0n) is 15.8. The number of benzene rings is 1. The van der Waals surface area contributed by atoms with Crippen LogP contribution in [-0.4, -0.2) is 35.0 Å². The molecule has 2 N–H and O–H groups in total. The van der Waals surface area contributed by atoms with Gasteiger partial charge in [-0.1, -0.05) is 26.0 Å². The number of carbonyl (C=O) groups excluding carboxylic acids is 1. The van der Waals surface area contributed by atoms with Crippen LogP contribution in [0.5, 0.6) is 0 Å². The van der Waals surface area contributed by atoms with E-state index in [1.165, 1.54) is 6.33 Å². The van der Waals surface area contributed by atoms with E-state index in [1.54, 1.807) is 18.3 Å². The molecule has 1 aliphatic rings. The minimum Gasteiger partial charge on any atom is -0.346 e. The third-order valence-corrected chi connectivity index (χ3v) is 7.04. The lowest BCUT2D eigenvalue weighted by Crippen LogP contribution is -2.32. The first-order valence-electron chi connectivity index (χ1n) is 9.31. The second kappa shape index (κ2) is 7.01. The summed E-state index contributed by atoms with van der Waals surface area (Å²) in [4.78, 5) is 24.5. The van der Waals surface area contributed by atoms with Gasteiger partial charge in [-0.2, -0.15) is 0 Å². The number of rotatable bonds is 4. The van der Waals surface area contributed by atoms with E-state index in [2.05, 4.69) is 20.3 Å². The fraction of sp³-hybridized carbons (Fsp3) is 0.350. The van der Waals surface area contributed by atoms with Crippen molar-refractivity contribution in [2.24, 2.45) is 5.92 Å². The third kappa shape index (κ3) is 3.28. The Labute approximate surface area is 163 Å². The Balaban J connectivity index is 1.69. The van der Waals surface area contributed by atoms with Gasteiger partial charge >= 0.3 is 0 Å². The molecule has 0 fully saturated rings. The summed E-state index contributed by atoms with van der Waals surface area (Å²) in [5, 5.41) is 3.68. The average molecular weight is 398 g/mol. The van der Waals surface area contributed by atoms with E-state index < -0.39 is 9.84 Å². The lowest BCUT2D eigenvalue weighted by atomic mass is 9.94. The van der Waals surface area contributed by atoms with Crippen molar-refractivity contribution >= 4 is 26.8 Å². The molecular weight excluding hydrogens is 376 g/mol. The van der Waals surface area contributed by atoms with E-state index in [0.717, 1.165) is 17.5 Å². The van der Waals surface area contributed by atoms with E-state index in [0.29, 0.717) is 28.0 Å². The van der Waals surface area contributed by atoms with Gasteiger partial charge in [0.15, 0.2) is 9.84 Å². The highest BCUT2D eigenvalue weighted by Gasteiger charge is 2.27. The first-order valence-corrected chi connectivity index (χ1v) is 11.0. The molecule has 0 bridgehead atoms. The Hall–Kier alpha value is -2.74. The number of aromatic nitrogens is 3. The maximum atomic E-state index is 12.9. The maximum absolute atomic E-state index is 12.9. The van der Waals surface area contributed by atoms with E-state index >= 15 is 0 Å². The minimum atomic E-state index is -3.26. The van der Waals surface area contributed by atoms with Gasteiger partial charge in [0.25, 0.3) is 5.91 Å². The van der Waals surface area contributed by atoms with Crippen molar-refractivity contribution in [1.82, 2.24) is 20.3 Å². The van der Waals surface area contributed by atoms with Crippen LogP contribution >= 0.6 is 0 Å². The summed E-state index contributed by atoms with van der Waals surface area (Å²) >= 11 is 0. The molecule has 28 heavy (non-hydrogen) atoms. The van der Waals surface area contributed by atoms with E-state index in [4.69, 9.17) is 0 Å². The highest BCUT2D eigenvalue weighted by molar-refractivity contribution is 7.91. The van der Waals surface area contributed by atoms with Crippen LogP contribution in [0.25, 0.3) is 11.0 Å². The highest BCUT2D eigenvalue weighted by Crippen LogP contribution is 2.30. The molecule has 3 aromatic rings. The van der Waals surface area contributed by atoms with Crippen LogP contribution in [0.3, 0.4) is 0 Å². The summed E-state index contributed by atoms with van der Waals surface area (Å²) in [7, 11) is -3.26. The molecule has 146 valence electrons. The van der Waals surface area contributed by atoms with Crippen molar-refractivity contribution in [1.29, 1.82) is 0 Å². The van der Waals surface area contributed by atoms with Crippen molar-refractivity contribution in [3.63, 3.8) is 0 Å². The van der Waals surface area contributed by atoms with Gasteiger partial charge in [0.2, 0.25) is 0 Å². The minimum absolute atomic E-state index is 0.0665. The van der Waals surface area contributed by atoms with Gasteiger partial charge in [-0.3, -0.25) is 4.79 Å². The lowest BCUT2D eigenvalue weighted by molar-refractivity contribution is 0.0922. The quantitative estimate of drug-likeness (QED) is 0.703. The number of hydrogen-bond acceptors (Lipinski definition) is 5. The van der Waals surface area contributed by atoms with Crippen LogP contribution in [-0.2, 0) is 16.3 Å². The molecule has 1 aromatic carbocycles. The molecule has 4 rings (SSSR count). The summed E-state index contributed by atoms with van der Waals surface area (Å²) in [5.41, 5.74) is 2.53. The second-order valence-corrected chi connectivity index (χ2v) is 9.52. The van der Waals surface area contributed by atoms with Crippen molar-refractivity contribution in [3.05, 3.63) is 53.6 Å². The number of carbonyl (C=O) groups is 1. The van der Waals surface area contributed by atoms with Crippen LogP contribution in [0, 0.1) is 5.92 Å². The van der Waals surface area contributed by atoms with Crippen LogP contribution < -0.4 is 5.32 Å². The molecule has 0 radical (unpaired) electrons. The van der Waals surface area contributed by atoms with Gasteiger partial charge in [-0.05, 0) is 42.0 Å². The highest BCUT2D eigenvalue weighted by atomic mass is 32.2. The predicted octanol–water partition coefficient (Wildman–Crippen LogP) is 2.80. The molecule has 1 aliphatic heterocycles. The van der Waals surface area contributed by atoms with Crippen LogP contribution in [0.1, 0.15) is 47.9 Å². The van der Waals surface area contributed by atoms with Crippen molar-refractivity contribution in [2.75, 3.05) is 5.75 Å². The first-order chi connectivity index (χ1) is 13.4. The first kappa shape index (κ1) is 18.6. The molecular formula is C20H22N4O3S. The summed E-state index contributed by atoms with van der Waals surface area (Å²) < 4.78 is 24.9. The monoisotopic (exact) mass is 398 g/mol. The van der Waals surface area contributed by atoms with Gasteiger partial charge < -0.3 is 10.3 Å². The van der Waals surface area contributed by atoms with Crippen LogP contribution in [0.2, 0.25) is 0 Å². The Morgan fingerprint density at radius 3 is 2.82 bits per heavy atom. The fourth-order valence-electron chi connectivity index (χ4n) is 3.72. The second-order valence-electron chi connectivity index (χ2n) is 7.45. The molecule has 1 atom stereocenters. The Bertz CT molecular complexity index is 1150. The van der Waals surface area contributed by atoms with Gasteiger partial charge in [0, 0.05) is 6.20 Å². The number of H-pyrrole nitrogens is 1. The van der Waals surface area contributed by atoms with E-state index in [9.17, 15) is 13.2 Å². The molecule has 2 aromatic heterocycles. The van der Waals surface area contributed by atoms with Crippen molar-refractivity contribution in [2.45, 2.75) is 37.6 Å². The van der Waals surface area contributed by atoms with Gasteiger partial charge in [0.05, 0.1) is 22.1 Å². The van der Waals surface area contributed by atoms with Gasteiger partial charge in [-0.15, -0.1) is 0 Å². The zero-order valence-corrected chi connectivity index (χ0v) is 16.6. The van der Waals surface area contributed by atoms with E-state index in [-0.39, 0.29) is 23.6 Å². The predicted molar refractivity (Wildman–Crippen MR) is 106 cm³/mol. The van der Waals surface area contributed by atoms with Crippen molar-refractivity contribution < 1.29 is 13.2 Å². The molecule has 0 unspecified atom stereocenters. The summed E-state index contributed by atoms with van der Waals surface area (Å²) in [6, 6.07) is 6.94. The number of nitrogens with zero attached hydrogens (tertiary/aromatic N) is 2. The Kier molecular flexibility index (Phi) is 4.66. The SMILES string of the molecule is CC(C)[C@@H](NC(=O)c1ncnc2[nH]ccc12)c1ccc2c(c1)S(=O)(=O)CCC2.